The van der Waals surface area contributed by atoms with Gasteiger partial charge in [-0.05, 0) is 23.6 Å². The molecular formula is C17H17ClN2O4S. The van der Waals surface area contributed by atoms with Crippen LogP contribution in [0.15, 0.2) is 41.8 Å². The third kappa shape index (κ3) is 5.58. The molecule has 2 amide bonds. The Balaban J connectivity index is 1.94. The van der Waals surface area contributed by atoms with Crippen molar-refractivity contribution in [2.24, 2.45) is 0 Å². The Hall–Kier alpha value is -2.38. The predicted octanol–water partition coefficient (Wildman–Crippen LogP) is 2.55. The molecule has 1 atom stereocenters. The van der Waals surface area contributed by atoms with E-state index in [0.717, 1.165) is 4.88 Å². The van der Waals surface area contributed by atoms with Crippen LogP contribution in [0.2, 0.25) is 5.02 Å². The second kappa shape index (κ2) is 9.19. The Morgan fingerprint density at radius 1 is 1.20 bits per heavy atom. The molecule has 1 aromatic carbocycles. The molecule has 0 fully saturated rings. The summed E-state index contributed by atoms with van der Waals surface area (Å²) in [5, 5.41) is 7.40. The van der Waals surface area contributed by atoms with E-state index in [1.807, 2.05) is 17.5 Å². The molecule has 1 unspecified atom stereocenters. The lowest BCUT2D eigenvalue weighted by Crippen LogP contribution is -2.39. The van der Waals surface area contributed by atoms with Crippen molar-refractivity contribution >= 4 is 40.7 Å². The summed E-state index contributed by atoms with van der Waals surface area (Å²) in [4.78, 5) is 36.6. The molecule has 1 heterocycles. The van der Waals surface area contributed by atoms with Gasteiger partial charge >= 0.3 is 5.97 Å². The van der Waals surface area contributed by atoms with Gasteiger partial charge in [-0.3, -0.25) is 14.4 Å². The largest absolute Gasteiger partial charge is 0.469 e. The normalized spacial score (nSPS) is 11.4. The van der Waals surface area contributed by atoms with Gasteiger partial charge in [-0.2, -0.15) is 0 Å². The summed E-state index contributed by atoms with van der Waals surface area (Å²) in [7, 11) is 1.29. The molecule has 25 heavy (non-hydrogen) atoms. The summed E-state index contributed by atoms with van der Waals surface area (Å²) in [6.07, 6.45) is 0.0151. The number of carbonyl (C=O) groups is 3. The van der Waals surface area contributed by atoms with Gasteiger partial charge in [-0.1, -0.05) is 29.8 Å². The molecular weight excluding hydrogens is 364 g/mol. The smallest absolute Gasteiger partial charge is 0.307 e. The number of amides is 2. The minimum absolute atomic E-state index is 0.0151. The van der Waals surface area contributed by atoms with Crippen molar-refractivity contribution in [2.75, 3.05) is 13.7 Å². The summed E-state index contributed by atoms with van der Waals surface area (Å²) in [5.74, 6) is -1.29. The molecule has 0 saturated heterocycles. The van der Waals surface area contributed by atoms with E-state index in [2.05, 4.69) is 15.4 Å². The number of methoxy groups -OCH3 is 1. The van der Waals surface area contributed by atoms with Gasteiger partial charge < -0.3 is 15.4 Å². The first-order valence-corrected chi connectivity index (χ1v) is 8.69. The molecule has 8 heteroatoms. The van der Waals surface area contributed by atoms with Gasteiger partial charge in [-0.25, -0.2) is 0 Å². The highest BCUT2D eigenvalue weighted by atomic mass is 35.5. The van der Waals surface area contributed by atoms with E-state index in [1.54, 1.807) is 24.3 Å². The SMILES string of the molecule is COC(=O)CC(NC(=O)CNC(=O)c1ccccc1Cl)c1cccs1. The standard InChI is InChI=1S/C17H17ClN2O4S/c1-24-16(22)9-13(14-7-4-8-25-14)20-15(21)10-19-17(23)11-5-2-3-6-12(11)18/h2-8,13H,9-10H2,1H3,(H,19,23)(H,20,21). The van der Waals surface area contributed by atoms with Crippen LogP contribution >= 0.6 is 22.9 Å². The molecule has 2 N–H and O–H groups in total. The van der Waals surface area contributed by atoms with Crippen LogP contribution < -0.4 is 10.6 Å². The Labute approximate surface area is 154 Å². The lowest BCUT2D eigenvalue weighted by molar-refractivity contribution is -0.141. The number of ether oxygens (including phenoxy) is 1. The summed E-state index contributed by atoms with van der Waals surface area (Å²) in [6, 6.07) is 9.71. The monoisotopic (exact) mass is 380 g/mol. The van der Waals surface area contributed by atoms with Crippen LogP contribution in [0, 0.1) is 0 Å². The topological polar surface area (TPSA) is 84.5 Å². The van der Waals surface area contributed by atoms with Gasteiger partial charge in [0.2, 0.25) is 5.91 Å². The van der Waals surface area contributed by atoms with Gasteiger partial charge in [0.1, 0.15) is 0 Å². The van der Waals surface area contributed by atoms with Crippen LogP contribution in [-0.2, 0) is 14.3 Å². The van der Waals surface area contributed by atoms with Crippen LogP contribution in [0.5, 0.6) is 0 Å². The van der Waals surface area contributed by atoms with Gasteiger partial charge in [0.05, 0.1) is 36.7 Å². The number of hydrogen-bond donors (Lipinski definition) is 2. The maximum Gasteiger partial charge on any atom is 0.307 e. The fourth-order valence-corrected chi connectivity index (χ4v) is 3.11. The first-order chi connectivity index (χ1) is 12.0. The number of hydrogen-bond acceptors (Lipinski definition) is 5. The van der Waals surface area contributed by atoms with Crippen molar-refractivity contribution in [2.45, 2.75) is 12.5 Å². The van der Waals surface area contributed by atoms with Crippen LogP contribution in [0.4, 0.5) is 0 Å². The Morgan fingerprint density at radius 2 is 1.96 bits per heavy atom. The molecule has 2 aromatic rings. The molecule has 0 saturated carbocycles. The third-order valence-electron chi connectivity index (χ3n) is 3.35. The fourth-order valence-electron chi connectivity index (χ4n) is 2.11. The van der Waals surface area contributed by atoms with E-state index < -0.39 is 23.8 Å². The molecule has 0 aliphatic rings. The number of esters is 1. The molecule has 6 nitrogen and oxygen atoms in total. The lowest BCUT2D eigenvalue weighted by atomic mass is 10.1. The van der Waals surface area contributed by atoms with E-state index in [4.69, 9.17) is 11.6 Å². The summed E-state index contributed by atoms with van der Waals surface area (Å²) in [5.41, 5.74) is 0.293. The van der Waals surface area contributed by atoms with Crippen molar-refractivity contribution in [3.8, 4) is 0 Å². The Kier molecular flexibility index (Phi) is 6.97. The molecule has 132 valence electrons. The molecule has 0 aliphatic heterocycles. The minimum atomic E-state index is -0.503. The van der Waals surface area contributed by atoms with Gasteiger partial charge in [-0.15, -0.1) is 11.3 Å². The lowest BCUT2D eigenvalue weighted by Gasteiger charge is -2.16. The number of halogens is 1. The average molecular weight is 381 g/mol. The van der Waals surface area contributed by atoms with E-state index in [9.17, 15) is 14.4 Å². The summed E-state index contributed by atoms with van der Waals surface area (Å²) >= 11 is 7.37. The van der Waals surface area contributed by atoms with Crippen molar-refractivity contribution in [1.29, 1.82) is 0 Å². The zero-order valence-corrected chi connectivity index (χ0v) is 15.0. The van der Waals surface area contributed by atoms with E-state index in [-0.39, 0.29) is 13.0 Å². The van der Waals surface area contributed by atoms with E-state index in [1.165, 1.54) is 18.4 Å². The molecule has 2 rings (SSSR count). The second-order valence-electron chi connectivity index (χ2n) is 5.08. The van der Waals surface area contributed by atoms with Crippen LogP contribution in [0.3, 0.4) is 0 Å². The first-order valence-electron chi connectivity index (χ1n) is 7.43. The maximum absolute atomic E-state index is 12.1. The van der Waals surface area contributed by atoms with Crippen molar-refractivity contribution in [3.63, 3.8) is 0 Å². The van der Waals surface area contributed by atoms with Gasteiger partial charge in [0.25, 0.3) is 5.91 Å². The molecule has 0 bridgehead atoms. The summed E-state index contributed by atoms with van der Waals surface area (Å²) in [6.45, 7) is -0.229. The molecule has 0 spiro atoms. The van der Waals surface area contributed by atoms with E-state index >= 15 is 0 Å². The van der Waals surface area contributed by atoms with Crippen molar-refractivity contribution in [3.05, 3.63) is 57.2 Å². The maximum atomic E-state index is 12.1. The minimum Gasteiger partial charge on any atom is -0.469 e. The Morgan fingerprint density at radius 3 is 2.60 bits per heavy atom. The fraction of sp³-hybridized carbons (Fsp3) is 0.235. The average Bonchev–Trinajstić information content (AvgIpc) is 3.14. The number of carbonyl (C=O) groups excluding carboxylic acids is 3. The van der Waals surface area contributed by atoms with Crippen molar-refractivity contribution in [1.82, 2.24) is 10.6 Å². The zero-order chi connectivity index (χ0) is 18.2. The molecule has 0 aliphatic carbocycles. The number of benzene rings is 1. The van der Waals surface area contributed by atoms with Crippen LogP contribution in [-0.4, -0.2) is 31.4 Å². The highest BCUT2D eigenvalue weighted by molar-refractivity contribution is 7.10. The van der Waals surface area contributed by atoms with E-state index in [0.29, 0.717) is 10.6 Å². The second-order valence-corrected chi connectivity index (χ2v) is 6.46. The third-order valence-corrected chi connectivity index (χ3v) is 4.66. The van der Waals surface area contributed by atoms with Crippen LogP contribution in [0.1, 0.15) is 27.7 Å². The quantitative estimate of drug-likeness (QED) is 0.723. The molecule has 1 aromatic heterocycles. The van der Waals surface area contributed by atoms with Crippen LogP contribution in [0.25, 0.3) is 0 Å². The number of nitrogens with one attached hydrogen (secondary N) is 2. The Bertz CT molecular complexity index is 749. The first kappa shape index (κ1) is 19.0. The highest BCUT2D eigenvalue weighted by Crippen LogP contribution is 2.22. The highest BCUT2D eigenvalue weighted by Gasteiger charge is 2.20. The zero-order valence-electron chi connectivity index (χ0n) is 13.5. The van der Waals surface area contributed by atoms with Gasteiger partial charge in [0, 0.05) is 4.88 Å². The van der Waals surface area contributed by atoms with Crippen molar-refractivity contribution < 1.29 is 19.1 Å². The van der Waals surface area contributed by atoms with Gasteiger partial charge in [0.15, 0.2) is 0 Å². The predicted molar refractivity (Wildman–Crippen MR) is 95.6 cm³/mol. The number of thiophene rings is 1. The number of rotatable bonds is 7. The summed E-state index contributed by atoms with van der Waals surface area (Å²) < 4.78 is 4.66. The molecule has 0 radical (unpaired) electrons.